The van der Waals surface area contributed by atoms with Gasteiger partial charge < -0.3 is 14.8 Å². The molecule has 0 amide bonds. The van der Waals surface area contributed by atoms with Crippen LogP contribution < -0.4 is 10.1 Å². The van der Waals surface area contributed by atoms with Gasteiger partial charge in [0.2, 0.25) is 0 Å². The number of ether oxygens (including phenoxy) is 2. The summed E-state index contributed by atoms with van der Waals surface area (Å²) >= 11 is 0. The van der Waals surface area contributed by atoms with Crippen LogP contribution in [0.4, 0.5) is 4.39 Å². The molecule has 0 unspecified atom stereocenters. The van der Waals surface area contributed by atoms with Gasteiger partial charge in [0.15, 0.2) is 0 Å². The Morgan fingerprint density at radius 2 is 1.95 bits per heavy atom. The molecule has 3 nitrogen and oxygen atoms in total. The van der Waals surface area contributed by atoms with Crippen molar-refractivity contribution in [2.75, 3.05) is 26.9 Å². The Labute approximate surface area is 121 Å². The third-order valence-electron chi connectivity index (χ3n) is 2.93. The van der Waals surface area contributed by atoms with Gasteiger partial charge in [-0.2, -0.15) is 0 Å². The Morgan fingerprint density at radius 3 is 2.60 bits per heavy atom. The molecule has 0 aliphatic carbocycles. The Balaban J connectivity index is 2.55. The maximum atomic E-state index is 13.3. The summed E-state index contributed by atoms with van der Waals surface area (Å²) < 4.78 is 24.1. The van der Waals surface area contributed by atoms with Crippen LogP contribution in [-0.2, 0) is 11.3 Å². The van der Waals surface area contributed by atoms with Crippen molar-refractivity contribution in [1.82, 2.24) is 5.32 Å². The molecule has 0 saturated heterocycles. The van der Waals surface area contributed by atoms with Crippen molar-refractivity contribution in [3.63, 3.8) is 0 Å². The molecular weight excluding hydrogens is 257 g/mol. The molecule has 1 rings (SSSR count). The maximum Gasteiger partial charge on any atom is 0.123 e. The molecule has 0 aliphatic heterocycles. The fourth-order valence-corrected chi connectivity index (χ4v) is 1.69. The molecule has 20 heavy (non-hydrogen) atoms. The summed E-state index contributed by atoms with van der Waals surface area (Å²) in [5, 5.41) is 3.21. The third kappa shape index (κ3) is 6.87. The number of benzene rings is 1. The molecule has 0 radical (unpaired) electrons. The first-order valence-corrected chi connectivity index (χ1v) is 7.03. The van der Waals surface area contributed by atoms with Gasteiger partial charge in [0.25, 0.3) is 0 Å². The summed E-state index contributed by atoms with van der Waals surface area (Å²) in [7, 11) is 1.66. The maximum absolute atomic E-state index is 13.3. The van der Waals surface area contributed by atoms with E-state index in [1.165, 1.54) is 12.1 Å². The summed E-state index contributed by atoms with van der Waals surface area (Å²) in [4.78, 5) is 0. The first-order valence-electron chi connectivity index (χ1n) is 7.03. The second-order valence-electron chi connectivity index (χ2n) is 6.08. The molecule has 0 aromatic heterocycles. The Bertz CT molecular complexity index is 402. The highest BCUT2D eigenvalue weighted by molar-refractivity contribution is 5.33. The number of halogens is 1. The monoisotopic (exact) mass is 283 g/mol. The summed E-state index contributed by atoms with van der Waals surface area (Å²) in [6.45, 7) is 9.10. The smallest absolute Gasteiger partial charge is 0.123 e. The molecule has 114 valence electrons. The van der Waals surface area contributed by atoms with Gasteiger partial charge in [-0.3, -0.25) is 0 Å². The minimum atomic E-state index is -0.239. The highest BCUT2D eigenvalue weighted by Crippen LogP contribution is 2.23. The predicted octanol–water partition coefficient (Wildman–Crippen LogP) is 3.38. The lowest BCUT2D eigenvalue weighted by atomic mass is 9.93. The first kappa shape index (κ1) is 16.9. The normalized spacial score (nSPS) is 11.7. The number of hydrogen-bond donors (Lipinski definition) is 1. The van der Waals surface area contributed by atoms with Gasteiger partial charge in [-0.05, 0) is 30.0 Å². The van der Waals surface area contributed by atoms with Crippen molar-refractivity contribution in [2.45, 2.75) is 33.7 Å². The van der Waals surface area contributed by atoms with Crippen LogP contribution in [0.1, 0.15) is 32.8 Å². The average Bonchev–Trinajstić information content (AvgIpc) is 2.35. The van der Waals surface area contributed by atoms with Crippen molar-refractivity contribution in [3.05, 3.63) is 29.6 Å². The molecule has 0 saturated carbocycles. The fraction of sp³-hybridized carbons (Fsp3) is 0.625. The van der Waals surface area contributed by atoms with Crippen LogP contribution in [0.15, 0.2) is 18.2 Å². The summed E-state index contributed by atoms with van der Waals surface area (Å²) in [5.74, 6) is 0.511. The lowest BCUT2D eigenvalue weighted by Crippen LogP contribution is -2.19. The molecule has 0 aliphatic rings. The highest BCUT2D eigenvalue weighted by atomic mass is 19.1. The van der Waals surface area contributed by atoms with Crippen molar-refractivity contribution >= 4 is 0 Å². The minimum absolute atomic E-state index is 0.233. The molecule has 0 atom stereocenters. The molecular formula is C16H26FNO2. The van der Waals surface area contributed by atoms with Crippen LogP contribution >= 0.6 is 0 Å². The zero-order valence-electron chi connectivity index (χ0n) is 13.0. The van der Waals surface area contributed by atoms with Gasteiger partial charge in [0.05, 0.1) is 13.2 Å². The lowest BCUT2D eigenvalue weighted by Gasteiger charge is -2.19. The zero-order chi connectivity index (χ0) is 15.0. The van der Waals surface area contributed by atoms with Crippen LogP contribution in [0.25, 0.3) is 0 Å². The Hall–Kier alpha value is -1.13. The fourth-order valence-electron chi connectivity index (χ4n) is 1.69. The van der Waals surface area contributed by atoms with Crippen molar-refractivity contribution in [3.8, 4) is 5.75 Å². The van der Waals surface area contributed by atoms with E-state index in [-0.39, 0.29) is 11.2 Å². The van der Waals surface area contributed by atoms with Crippen LogP contribution in [0, 0.1) is 11.2 Å². The van der Waals surface area contributed by atoms with Gasteiger partial charge >= 0.3 is 0 Å². The van der Waals surface area contributed by atoms with E-state index in [2.05, 4.69) is 26.1 Å². The van der Waals surface area contributed by atoms with Crippen molar-refractivity contribution in [1.29, 1.82) is 0 Å². The van der Waals surface area contributed by atoms with Gasteiger partial charge in [-0.15, -0.1) is 0 Å². The highest BCUT2D eigenvalue weighted by Gasteiger charge is 2.11. The van der Waals surface area contributed by atoms with Crippen LogP contribution in [-0.4, -0.2) is 26.9 Å². The molecule has 1 aromatic rings. The standard InChI is InChI=1S/C16H26FNO2/c1-16(2,3)7-9-20-15-6-5-14(17)11-13(15)12-18-8-10-19-4/h5-6,11,18H,7-10,12H2,1-4H3. The first-order chi connectivity index (χ1) is 9.42. The van der Waals surface area contributed by atoms with Crippen molar-refractivity contribution < 1.29 is 13.9 Å². The van der Waals surface area contributed by atoms with Crippen LogP contribution in [0.5, 0.6) is 5.75 Å². The SMILES string of the molecule is COCCNCc1cc(F)ccc1OCCC(C)(C)C. The zero-order valence-corrected chi connectivity index (χ0v) is 13.0. The third-order valence-corrected chi connectivity index (χ3v) is 2.93. The minimum Gasteiger partial charge on any atom is -0.493 e. The number of methoxy groups -OCH3 is 1. The van der Waals surface area contributed by atoms with Gasteiger partial charge in [-0.25, -0.2) is 4.39 Å². The summed E-state index contributed by atoms with van der Waals surface area (Å²) in [5.41, 5.74) is 1.08. The van der Waals surface area contributed by atoms with Gasteiger partial charge in [0.1, 0.15) is 11.6 Å². The second kappa shape index (κ2) is 8.22. The molecule has 0 fully saturated rings. The van der Waals surface area contributed by atoms with Crippen LogP contribution in [0.2, 0.25) is 0 Å². The average molecular weight is 283 g/mol. The summed E-state index contributed by atoms with van der Waals surface area (Å²) in [6, 6.07) is 4.66. The topological polar surface area (TPSA) is 30.5 Å². The Morgan fingerprint density at radius 1 is 1.20 bits per heavy atom. The second-order valence-corrected chi connectivity index (χ2v) is 6.08. The van der Waals surface area contributed by atoms with E-state index in [9.17, 15) is 4.39 Å². The van der Waals surface area contributed by atoms with Gasteiger partial charge in [-0.1, -0.05) is 20.8 Å². The van der Waals surface area contributed by atoms with Crippen LogP contribution in [0.3, 0.4) is 0 Å². The summed E-state index contributed by atoms with van der Waals surface area (Å²) in [6.07, 6.45) is 0.959. The number of hydrogen-bond acceptors (Lipinski definition) is 3. The molecule has 0 bridgehead atoms. The lowest BCUT2D eigenvalue weighted by molar-refractivity contribution is 0.198. The number of nitrogens with one attached hydrogen (secondary N) is 1. The number of rotatable bonds is 8. The van der Waals surface area contributed by atoms with E-state index in [0.29, 0.717) is 19.8 Å². The van der Waals surface area contributed by atoms with E-state index in [0.717, 1.165) is 24.3 Å². The molecule has 1 N–H and O–H groups in total. The molecule has 0 heterocycles. The van der Waals surface area contributed by atoms with Gasteiger partial charge in [0, 0.05) is 25.8 Å². The van der Waals surface area contributed by atoms with E-state index in [1.54, 1.807) is 13.2 Å². The molecule has 4 heteroatoms. The quantitative estimate of drug-likeness (QED) is 0.742. The van der Waals surface area contributed by atoms with E-state index < -0.39 is 0 Å². The largest absolute Gasteiger partial charge is 0.493 e. The van der Waals surface area contributed by atoms with E-state index in [1.807, 2.05) is 0 Å². The Kier molecular flexibility index (Phi) is 6.96. The van der Waals surface area contributed by atoms with E-state index >= 15 is 0 Å². The van der Waals surface area contributed by atoms with E-state index in [4.69, 9.17) is 9.47 Å². The predicted molar refractivity (Wildman–Crippen MR) is 79.5 cm³/mol. The molecule has 1 aromatic carbocycles. The molecule has 0 spiro atoms. The van der Waals surface area contributed by atoms with Crippen molar-refractivity contribution in [2.24, 2.45) is 5.41 Å².